The van der Waals surface area contributed by atoms with Gasteiger partial charge < -0.3 is 15.0 Å². The van der Waals surface area contributed by atoms with Crippen molar-refractivity contribution in [2.45, 2.75) is 31.3 Å². The van der Waals surface area contributed by atoms with Crippen molar-refractivity contribution < 1.29 is 13.9 Å². The molecule has 5 heterocycles. The fourth-order valence-electron chi connectivity index (χ4n) is 6.10. The van der Waals surface area contributed by atoms with Gasteiger partial charge in [-0.25, -0.2) is 14.1 Å². The number of hydrogen-bond donors (Lipinski definition) is 1. The Labute approximate surface area is 232 Å². The number of rotatable bonds is 4. The molecule has 0 radical (unpaired) electrons. The first-order chi connectivity index (χ1) is 19.0. The Bertz CT molecular complexity index is 1560. The van der Waals surface area contributed by atoms with Crippen molar-refractivity contribution in [3.05, 3.63) is 47.1 Å². The number of fused-ring (bicyclic) bond motifs is 3. The van der Waals surface area contributed by atoms with Gasteiger partial charge in [0.1, 0.15) is 10.1 Å². The van der Waals surface area contributed by atoms with Gasteiger partial charge in [0.2, 0.25) is 11.9 Å². The summed E-state index contributed by atoms with van der Waals surface area (Å²) in [6.07, 6.45) is 5.74. The van der Waals surface area contributed by atoms with Crippen LogP contribution in [0.25, 0.3) is 27.6 Å². The number of morpholine rings is 1. The maximum atomic E-state index is 14.8. The van der Waals surface area contributed by atoms with Crippen molar-refractivity contribution >= 4 is 49.7 Å². The van der Waals surface area contributed by atoms with E-state index in [4.69, 9.17) is 9.72 Å². The van der Waals surface area contributed by atoms with E-state index in [2.05, 4.69) is 41.2 Å². The molecule has 1 N–H and O–H groups in total. The van der Waals surface area contributed by atoms with Crippen molar-refractivity contribution in [2.75, 3.05) is 44.7 Å². The smallest absolute Gasteiger partial charge is 0.225 e. The monoisotopic (exact) mass is 594 g/mol. The van der Waals surface area contributed by atoms with Gasteiger partial charge in [0.25, 0.3) is 0 Å². The van der Waals surface area contributed by atoms with Crippen LogP contribution in [0.4, 0.5) is 10.3 Å². The minimum Gasteiger partial charge on any atom is -0.378 e. The average Bonchev–Trinajstić information content (AvgIpc) is 3.56. The molecule has 0 unspecified atom stereocenters. The van der Waals surface area contributed by atoms with E-state index in [1.807, 2.05) is 17.0 Å². The van der Waals surface area contributed by atoms with E-state index in [0.29, 0.717) is 45.4 Å². The molecule has 3 atom stereocenters. The Morgan fingerprint density at radius 2 is 2.10 bits per heavy atom. The number of piperazine rings is 1. The molecular formula is C27H28BrFN8O2. The summed E-state index contributed by atoms with van der Waals surface area (Å²) in [5.74, 6) is 0.284. The molecule has 4 aromatic rings. The first-order valence-corrected chi connectivity index (χ1v) is 14.2. The van der Waals surface area contributed by atoms with Crippen LogP contribution in [0.15, 0.2) is 41.3 Å². The molecule has 39 heavy (non-hydrogen) atoms. The van der Waals surface area contributed by atoms with E-state index in [1.54, 1.807) is 23.1 Å². The van der Waals surface area contributed by atoms with E-state index >= 15 is 0 Å². The molecule has 1 aromatic carbocycles. The quantitative estimate of drug-likeness (QED) is 0.384. The molecule has 2 aliphatic heterocycles. The highest BCUT2D eigenvalue weighted by atomic mass is 79.9. The van der Waals surface area contributed by atoms with Crippen LogP contribution in [0, 0.1) is 11.7 Å². The zero-order chi connectivity index (χ0) is 26.5. The van der Waals surface area contributed by atoms with Crippen LogP contribution in [0.5, 0.6) is 0 Å². The van der Waals surface area contributed by atoms with Crippen molar-refractivity contribution in [1.82, 2.24) is 34.5 Å². The van der Waals surface area contributed by atoms with Crippen molar-refractivity contribution in [3.63, 3.8) is 0 Å². The van der Waals surface area contributed by atoms with Crippen LogP contribution in [-0.4, -0.2) is 91.9 Å². The van der Waals surface area contributed by atoms with Gasteiger partial charge in [-0.05, 0) is 47.3 Å². The topological polar surface area (TPSA) is 101 Å². The Morgan fingerprint density at radius 3 is 3.03 bits per heavy atom. The number of nitrogens with zero attached hydrogens (tertiary/aromatic N) is 7. The number of pyridine rings is 1. The van der Waals surface area contributed by atoms with Crippen molar-refractivity contribution in [3.8, 4) is 5.69 Å². The number of nitrogens with one attached hydrogen (secondary N) is 1. The van der Waals surface area contributed by atoms with Gasteiger partial charge in [-0.2, -0.15) is 10.1 Å². The first kappa shape index (κ1) is 24.8. The predicted molar refractivity (Wildman–Crippen MR) is 147 cm³/mol. The lowest BCUT2D eigenvalue weighted by Gasteiger charge is -2.44. The maximum Gasteiger partial charge on any atom is 0.225 e. The molecule has 1 saturated carbocycles. The molecule has 3 aliphatic rings. The molecule has 3 aromatic heterocycles. The molecule has 1 amide bonds. The van der Waals surface area contributed by atoms with Gasteiger partial charge >= 0.3 is 0 Å². The fraction of sp³-hybridized carbons (Fsp3) is 0.444. The number of amides is 1. The summed E-state index contributed by atoms with van der Waals surface area (Å²) in [5.41, 5.74) is 1.41. The number of carbonyl (C=O) groups is 1. The van der Waals surface area contributed by atoms with Crippen LogP contribution in [0.2, 0.25) is 0 Å². The normalized spacial score (nSPS) is 23.8. The summed E-state index contributed by atoms with van der Waals surface area (Å²) in [6.45, 7) is 4.89. The minimum absolute atomic E-state index is 0.00357. The highest BCUT2D eigenvalue weighted by Crippen LogP contribution is 2.32. The van der Waals surface area contributed by atoms with Crippen molar-refractivity contribution in [2.24, 2.45) is 5.92 Å². The number of benzene rings is 1. The Kier molecular flexibility index (Phi) is 6.40. The Hall–Kier alpha value is -3.22. The van der Waals surface area contributed by atoms with E-state index in [0.717, 1.165) is 57.4 Å². The van der Waals surface area contributed by atoms with Crippen LogP contribution >= 0.6 is 15.9 Å². The SMILES string of the molecule is O=C([C@@H]1CC[C@@H](Nc2ncc3c(Br)nn(-c4cc(F)c5ncccc5c4)c3n2)C1)N1CCN2CCOC[C@@H]2C1. The van der Waals surface area contributed by atoms with E-state index < -0.39 is 5.82 Å². The highest BCUT2D eigenvalue weighted by molar-refractivity contribution is 9.10. The molecule has 7 rings (SSSR count). The van der Waals surface area contributed by atoms with Crippen LogP contribution in [0.1, 0.15) is 19.3 Å². The fourth-order valence-corrected chi connectivity index (χ4v) is 6.54. The number of aromatic nitrogens is 5. The van der Waals surface area contributed by atoms with E-state index in [-0.39, 0.29) is 17.9 Å². The lowest BCUT2D eigenvalue weighted by Crippen LogP contribution is -2.59. The van der Waals surface area contributed by atoms with Crippen LogP contribution in [0.3, 0.4) is 0 Å². The van der Waals surface area contributed by atoms with Gasteiger partial charge in [0.05, 0.1) is 30.3 Å². The Balaban J connectivity index is 1.08. The lowest BCUT2D eigenvalue weighted by molar-refractivity contribution is -0.141. The van der Waals surface area contributed by atoms with Gasteiger partial charge in [0.15, 0.2) is 11.5 Å². The molecule has 0 spiro atoms. The second-order valence-electron chi connectivity index (χ2n) is 10.5. The number of anilines is 1. The third kappa shape index (κ3) is 4.64. The molecule has 0 bridgehead atoms. The molecule has 1 aliphatic carbocycles. The van der Waals surface area contributed by atoms with Crippen LogP contribution < -0.4 is 5.32 Å². The summed E-state index contributed by atoms with van der Waals surface area (Å²) in [5, 5.41) is 9.38. The largest absolute Gasteiger partial charge is 0.378 e. The summed E-state index contributed by atoms with van der Waals surface area (Å²) in [6, 6.07) is 7.25. The summed E-state index contributed by atoms with van der Waals surface area (Å²) in [4.78, 5) is 31.2. The van der Waals surface area contributed by atoms with Gasteiger partial charge in [-0.1, -0.05) is 6.07 Å². The number of ether oxygens (including phenoxy) is 1. The molecule has 10 nitrogen and oxygen atoms in total. The zero-order valence-corrected chi connectivity index (χ0v) is 22.8. The number of halogens is 2. The minimum atomic E-state index is -0.422. The number of hydrogen-bond acceptors (Lipinski definition) is 8. The molecular weight excluding hydrogens is 567 g/mol. The molecule has 12 heteroatoms. The molecule has 3 fully saturated rings. The maximum absolute atomic E-state index is 14.8. The predicted octanol–water partition coefficient (Wildman–Crippen LogP) is 3.39. The summed E-state index contributed by atoms with van der Waals surface area (Å²) < 4.78 is 22.6. The van der Waals surface area contributed by atoms with E-state index in [1.165, 1.54) is 6.07 Å². The lowest BCUT2D eigenvalue weighted by atomic mass is 10.0. The second kappa shape index (κ2) is 10.1. The van der Waals surface area contributed by atoms with Gasteiger partial charge in [0, 0.05) is 62.0 Å². The third-order valence-corrected chi connectivity index (χ3v) is 8.72. The van der Waals surface area contributed by atoms with E-state index in [9.17, 15) is 9.18 Å². The first-order valence-electron chi connectivity index (χ1n) is 13.4. The standard InChI is InChI=1S/C27H28BrFN8O2/c28-24-21-13-31-27(33-25(21)37(34-24)19-11-16-2-1-5-30-23(16)22(29)12-19)32-18-4-3-17(10-18)26(38)36-7-6-35-8-9-39-15-20(35)14-36/h1-2,5,11-13,17-18,20H,3-4,6-10,14-15H2,(H,31,32,33)/t17-,18-,20+/m1/s1. The van der Waals surface area contributed by atoms with Crippen molar-refractivity contribution in [1.29, 1.82) is 0 Å². The molecule has 2 saturated heterocycles. The van der Waals surface area contributed by atoms with Gasteiger partial charge in [-0.3, -0.25) is 14.7 Å². The average molecular weight is 595 g/mol. The highest BCUT2D eigenvalue weighted by Gasteiger charge is 2.37. The molecule has 202 valence electrons. The third-order valence-electron chi connectivity index (χ3n) is 8.13. The second-order valence-corrected chi connectivity index (χ2v) is 11.3. The van der Waals surface area contributed by atoms with Gasteiger partial charge in [-0.15, -0.1) is 0 Å². The zero-order valence-electron chi connectivity index (χ0n) is 21.3. The van der Waals surface area contributed by atoms with Crippen LogP contribution in [-0.2, 0) is 9.53 Å². The Morgan fingerprint density at radius 1 is 1.18 bits per heavy atom. The summed E-state index contributed by atoms with van der Waals surface area (Å²) >= 11 is 3.49. The number of carbonyl (C=O) groups excluding carboxylic acids is 1. The summed E-state index contributed by atoms with van der Waals surface area (Å²) in [7, 11) is 0.